The third kappa shape index (κ3) is 4.90. The van der Waals surface area contributed by atoms with Crippen LogP contribution in [0.4, 0.5) is 9.80 Å². The van der Waals surface area contributed by atoms with E-state index in [2.05, 4.69) is 17.6 Å². The van der Waals surface area contributed by atoms with E-state index in [-0.39, 0.29) is 6.03 Å². The maximum absolute atomic E-state index is 11.7. The van der Waals surface area contributed by atoms with Crippen LogP contribution in [0.25, 0.3) is 0 Å². The molecule has 0 unspecified atom stereocenters. The molecule has 1 aromatic heterocycles. The number of hydrogen-bond donors (Lipinski definition) is 2. The Morgan fingerprint density at radius 3 is 2.74 bits per heavy atom. The molecule has 0 aliphatic rings. The van der Waals surface area contributed by atoms with E-state index < -0.39 is 5.97 Å². The van der Waals surface area contributed by atoms with Crippen LogP contribution in [0.2, 0.25) is 0 Å². The standard InChI is InChI=1S/C13H20N2O3S/c1-4-6-7-14-13(17)15-11-10(8-9(3)19-11)12(16)18-5-2/h8H,4-7H2,1-3H3,(H2,14,15,17). The van der Waals surface area contributed by atoms with E-state index in [1.807, 2.05) is 6.92 Å². The maximum atomic E-state index is 11.7. The quantitative estimate of drug-likeness (QED) is 0.623. The molecule has 0 fully saturated rings. The molecule has 19 heavy (non-hydrogen) atoms. The third-order valence-corrected chi connectivity index (χ3v) is 3.36. The normalized spacial score (nSPS) is 10.1. The molecule has 0 bridgehead atoms. The van der Waals surface area contributed by atoms with Crippen LogP contribution in [0.1, 0.15) is 41.9 Å². The molecule has 0 radical (unpaired) electrons. The Morgan fingerprint density at radius 2 is 2.11 bits per heavy atom. The number of urea groups is 1. The van der Waals surface area contributed by atoms with Gasteiger partial charge >= 0.3 is 12.0 Å². The number of carbonyl (C=O) groups excluding carboxylic acids is 2. The lowest BCUT2D eigenvalue weighted by atomic mass is 10.3. The van der Waals surface area contributed by atoms with Crippen molar-refractivity contribution in [3.63, 3.8) is 0 Å². The van der Waals surface area contributed by atoms with Crippen LogP contribution in [0.5, 0.6) is 0 Å². The minimum Gasteiger partial charge on any atom is -0.462 e. The molecule has 1 heterocycles. The first kappa shape index (κ1) is 15.5. The van der Waals surface area contributed by atoms with Gasteiger partial charge in [-0.05, 0) is 26.3 Å². The molecular formula is C13H20N2O3S. The average molecular weight is 284 g/mol. The summed E-state index contributed by atoms with van der Waals surface area (Å²) in [6.07, 6.45) is 1.95. The largest absolute Gasteiger partial charge is 0.462 e. The van der Waals surface area contributed by atoms with Crippen LogP contribution in [-0.2, 0) is 4.74 Å². The zero-order valence-corrected chi connectivity index (χ0v) is 12.4. The van der Waals surface area contributed by atoms with Crippen LogP contribution in [0, 0.1) is 6.92 Å². The van der Waals surface area contributed by atoms with Gasteiger partial charge < -0.3 is 10.1 Å². The fourth-order valence-corrected chi connectivity index (χ4v) is 2.39. The number of ether oxygens (including phenoxy) is 1. The summed E-state index contributed by atoms with van der Waals surface area (Å²) in [5.41, 5.74) is 0.412. The predicted octanol–water partition coefficient (Wildman–Crippen LogP) is 3.15. The first-order valence-electron chi connectivity index (χ1n) is 6.40. The molecule has 6 heteroatoms. The van der Waals surface area contributed by atoms with Gasteiger partial charge in [0.05, 0.1) is 12.2 Å². The van der Waals surface area contributed by atoms with E-state index in [0.29, 0.717) is 23.7 Å². The lowest BCUT2D eigenvalue weighted by Gasteiger charge is -2.07. The molecule has 0 aliphatic heterocycles. The van der Waals surface area contributed by atoms with E-state index in [1.54, 1.807) is 13.0 Å². The zero-order chi connectivity index (χ0) is 14.3. The van der Waals surface area contributed by atoms with Crippen LogP contribution in [0.3, 0.4) is 0 Å². The smallest absolute Gasteiger partial charge is 0.341 e. The first-order chi connectivity index (χ1) is 9.08. The minimum absolute atomic E-state index is 0.291. The van der Waals surface area contributed by atoms with Crippen molar-refractivity contribution in [1.29, 1.82) is 0 Å². The number of carbonyl (C=O) groups is 2. The summed E-state index contributed by atoms with van der Waals surface area (Å²) in [6.45, 7) is 6.63. The molecule has 0 spiro atoms. The van der Waals surface area contributed by atoms with Crippen molar-refractivity contribution in [2.24, 2.45) is 0 Å². The highest BCUT2D eigenvalue weighted by molar-refractivity contribution is 7.16. The second kappa shape index (κ2) is 7.78. The summed E-state index contributed by atoms with van der Waals surface area (Å²) in [4.78, 5) is 24.3. The van der Waals surface area contributed by atoms with Gasteiger partial charge in [-0.2, -0.15) is 0 Å². The number of rotatable bonds is 6. The number of hydrogen-bond acceptors (Lipinski definition) is 4. The fraction of sp³-hybridized carbons (Fsp3) is 0.538. The summed E-state index contributed by atoms with van der Waals surface area (Å²) < 4.78 is 4.96. The van der Waals surface area contributed by atoms with Gasteiger partial charge in [-0.1, -0.05) is 13.3 Å². The summed E-state index contributed by atoms with van der Waals surface area (Å²) in [5, 5.41) is 5.97. The Bertz CT molecular complexity index is 443. The summed E-state index contributed by atoms with van der Waals surface area (Å²) >= 11 is 1.36. The molecule has 2 amide bonds. The Balaban J connectivity index is 2.67. The fourth-order valence-electron chi connectivity index (χ4n) is 1.49. The number of thiophene rings is 1. The van der Waals surface area contributed by atoms with E-state index in [1.165, 1.54) is 11.3 Å². The van der Waals surface area contributed by atoms with Gasteiger partial charge in [0.2, 0.25) is 0 Å². The van der Waals surface area contributed by atoms with Crippen molar-refractivity contribution < 1.29 is 14.3 Å². The van der Waals surface area contributed by atoms with Crippen LogP contribution < -0.4 is 10.6 Å². The molecule has 1 rings (SSSR count). The van der Waals surface area contributed by atoms with Gasteiger partial charge in [-0.15, -0.1) is 11.3 Å². The summed E-state index contributed by atoms with van der Waals surface area (Å²) in [5.74, 6) is -0.407. The number of aryl methyl sites for hydroxylation is 1. The van der Waals surface area contributed by atoms with Crippen molar-refractivity contribution in [3.05, 3.63) is 16.5 Å². The summed E-state index contributed by atoms with van der Waals surface area (Å²) in [6, 6.07) is 1.44. The molecule has 0 aromatic carbocycles. The second-order valence-corrected chi connectivity index (χ2v) is 5.31. The van der Waals surface area contributed by atoms with Gasteiger partial charge in [0.15, 0.2) is 0 Å². The van der Waals surface area contributed by atoms with Crippen molar-refractivity contribution in [2.75, 3.05) is 18.5 Å². The van der Waals surface area contributed by atoms with E-state index in [4.69, 9.17) is 4.74 Å². The highest BCUT2D eigenvalue weighted by atomic mass is 32.1. The highest BCUT2D eigenvalue weighted by Gasteiger charge is 2.17. The lowest BCUT2D eigenvalue weighted by molar-refractivity contribution is 0.0528. The molecule has 1 aromatic rings. The zero-order valence-electron chi connectivity index (χ0n) is 11.5. The number of anilines is 1. The van der Waals surface area contributed by atoms with Gasteiger partial charge in [0.1, 0.15) is 5.00 Å². The Morgan fingerprint density at radius 1 is 1.37 bits per heavy atom. The molecule has 2 N–H and O–H groups in total. The number of amides is 2. The van der Waals surface area contributed by atoms with Crippen molar-refractivity contribution >= 4 is 28.3 Å². The Labute approximate surface area is 117 Å². The first-order valence-corrected chi connectivity index (χ1v) is 7.22. The van der Waals surface area contributed by atoms with Crippen molar-refractivity contribution in [1.82, 2.24) is 5.32 Å². The lowest BCUT2D eigenvalue weighted by Crippen LogP contribution is -2.29. The Kier molecular flexibility index (Phi) is 6.35. The number of unbranched alkanes of at least 4 members (excludes halogenated alkanes) is 1. The molecule has 0 saturated heterocycles. The summed E-state index contributed by atoms with van der Waals surface area (Å²) in [7, 11) is 0. The highest BCUT2D eigenvalue weighted by Crippen LogP contribution is 2.28. The molecular weight excluding hydrogens is 264 g/mol. The topological polar surface area (TPSA) is 67.4 Å². The predicted molar refractivity (Wildman–Crippen MR) is 76.9 cm³/mol. The molecule has 0 aliphatic carbocycles. The van der Waals surface area contributed by atoms with Crippen LogP contribution in [0.15, 0.2) is 6.07 Å². The molecule has 0 saturated carbocycles. The Hall–Kier alpha value is -1.56. The number of esters is 1. The third-order valence-electron chi connectivity index (χ3n) is 2.39. The van der Waals surface area contributed by atoms with Gasteiger partial charge in [0, 0.05) is 11.4 Å². The monoisotopic (exact) mass is 284 g/mol. The van der Waals surface area contributed by atoms with Gasteiger partial charge in [-0.25, -0.2) is 9.59 Å². The van der Waals surface area contributed by atoms with Crippen LogP contribution >= 0.6 is 11.3 Å². The number of nitrogens with one attached hydrogen (secondary N) is 2. The van der Waals surface area contributed by atoms with E-state index >= 15 is 0 Å². The van der Waals surface area contributed by atoms with Crippen molar-refractivity contribution in [3.8, 4) is 0 Å². The average Bonchev–Trinajstić information content (AvgIpc) is 2.71. The van der Waals surface area contributed by atoms with Crippen molar-refractivity contribution in [2.45, 2.75) is 33.6 Å². The SMILES string of the molecule is CCCCNC(=O)Nc1sc(C)cc1C(=O)OCC. The van der Waals surface area contributed by atoms with E-state index in [9.17, 15) is 9.59 Å². The molecule has 5 nitrogen and oxygen atoms in total. The van der Waals surface area contributed by atoms with Gasteiger partial charge in [0.25, 0.3) is 0 Å². The molecule has 0 atom stereocenters. The molecule has 106 valence electrons. The van der Waals surface area contributed by atoms with Crippen LogP contribution in [-0.4, -0.2) is 25.2 Å². The second-order valence-electron chi connectivity index (χ2n) is 4.05. The minimum atomic E-state index is -0.407. The van der Waals surface area contributed by atoms with E-state index in [0.717, 1.165) is 17.7 Å². The maximum Gasteiger partial charge on any atom is 0.341 e. The van der Waals surface area contributed by atoms with Gasteiger partial charge in [-0.3, -0.25) is 5.32 Å².